The summed E-state index contributed by atoms with van der Waals surface area (Å²) < 4.78 is 4.17. The summed E-state index contributed by atoms with van der Waals surface area (Å²) in [6.45, 7) is 0.819. The Morgan fingerprint density at radius 3 is 2.64 bits per heavy atom. The summed E-state index contributed by atoms with van der Waals surface area (Å²) >= 11 is 3.38. The summed E-state index contributed by atoms with van der Waals surface area (Å²) in [7, 11) is 4.74. The molecule has 0 aromatic carbocycles. The van der Waals surface area contributed by atoms with Gasteiger partial charge in [0.1, 0.15) is 6.40 Å². The van der Waals surface area contributed by atoms with Crippen LogP contribution in [0.4, 0.5) is 0 Å². The van der Waals surface area contributed by atoms with Gasteiger partial charge in [-0.1, -0.05) is 28.8 Å². The highest BCUT2D eigenvalue weighted by molar-refractivity contribution is 9.09. The fraction of sp³-hybridized carbons (Fsp3) is 0.857. The van der Waals surface area contributed by atoms with Gasteiger partial charge in [-0.2, -0.15) is 0 Å². The first-order chi connectivity index (χ1) is 5.41. The van der Waals surface area contributed by atoms with Crippen LogP contribution in [-0.4, -0.2) is 26.3 Å². The maximum absolute atomic E-state index is 4.74. The largest absolute Gasteiger partial charge is 0.560 e. The number of nitrogens with zero attached hydrogens (tertiary/aromatic N) is 1. The second-order valence-electron chi connectivity index (χ2n) is 2.25. The van der Waals surface area contributed by atoms with Gasteiger partial charge in [0.05, 0.1) is 0 Å². The summed E-state index contributed by atoms with van der Waals surface area (Å²) in [5.74, 6) is 0. The van der Waals surface area contributed by atoms with Crippen molar-refractivity contribution in [2.75, 3.05) is 11.9 Å². The van der Waals surface area contributed by atoms with E-state index in [0.29, 0.717) is 0 Å². The van der Waals surface area contributed by atoms with Crippen molar-refractivity contribution in [3.05, 3.63) is 0 Å². The molecule has 2 radical (unpaired) electrons. The van der Waals surface area contributed by atoms with Gasteiger partial charge in [0.15, 0.2) is 0 Å². The zero-order chi connectivity index (χ0) is 8.36. The van der Waals surface area contributed by atoms with E-state index in [1.165, 1.54) is 25.7 Å². The lowest BCUT2D eigenvalue weighted by molar-refractivity contribution is 0.625. The average molecular weight is 218 g/mol. The Morgan fingerprint density at radius 1 is 1.27 bits per heavy atom. The average Bonchev–Trinajstić information content (AvgIpc) is 2.03. The van der Waals surface area contributed by atoms with Crippen molar-refractivity contribution >= 4 is 30.4 Å². The number of rotatable bonds is 7. The summed E-state index contributed by atoms with van der Waals surface area (Å²) in [6.07, 6.45) is 6.15. The minimum atomic E-state index is 0.819. The van der Waals surface area contributed by atoms with Crippen LogP contribution in [0.3, 0.4) is 0 Å². The van der Waals surface area contributed by atoms with Gasteiger partial charge in [-0.15, -0.1) is 0 Å². The Labute approximate surface area is 78.0 Å². The zero-order valence-corrected chi connectivity index (χ0v) is 8.22. The number of alkyl halides is 1. The maximum Gasteiger partial charge on any atom is 0.375 e. The molecular weight excluding hydrogens is 205 g/mol. The van der Waals surface area contributed by atoms with Gasteiger partial charge in [0, 0.05) is 11.9 Å². The third-order valence-electron chi connectivity index (χ3n) is 1.31. The third kappa shape index (κ3) is 10.0. The lowest BCUT2D eigenvalue weighted by atomic mass is 10.2. The quantitative estimate of drug-likeness (QED) is 0.210. The van der Waals surface area contributed by atoms with Crippen molar-refractivity contribution in [1.29, 1.82) is 0 Å². The predicted molar refractivity (Wildman–Crippen MR) is 52.5 cm³/mol. The first-order valence-electron chi connectivity index (χ1n) is 3.81. The lowest BCUT2D eigenvalue weighted by Crippen LogP contribution is -1.85. The molecular formula is C7H13BBrNO. The van der Waals surface area contributed by atoms with Crippen molar-refractivity contribution in [1.82, 2.24) is 0 Å². The van der Waals surface area contributed by atoms with Gasteiger partial charge in [-0.05, 0) is 12.8 Å². The van der Waals surface area contributed by atoms with E-state index in [9.17, 15) is 0 Å². The van der Waals surface area contributed by atoms with Crippen LogP contribution in [0.25, 0.3) is 0 Å². The van der Waals surface area contributed by atoms with Crippen LogP contribution in [0.15, 0.2) is 4.99 Å². The van der Waals surface area contributed by atoms with E-state index in [1.54, 1.807) is 0 Å². The third-order valence-corrected chi connectivity index (χ3v) is 1.87. The molecule has 0 N–H and O–H groups in total. The Kier molecular flexibility index (Phi) is 10.0. The molecule has 0 amide bonds. The van der Waals surface area contributed by atoms with E-state index in [2.05, 4.69) is 25.6 Å². The van der Waals surface area contributed by atoms with Gasteiger partial charge in [0.25, 0.3) is 0 Å². The minimum Gasteiger partial charge on any atom is -0.560 e. The number of halogens is 1. The van der Waals surface area contributed by atoms with Crippen LogP contribution in [0.5, 0.6) is 0 Å². The standard InChI is InChI=1S/C7H13BBrNO/c8-11-7-10-6-4-2-1-3-5-9/h7H,1-6H2. The highest BCUT2D eigenvalue weighted by Gasteiger charge is 1.86. The van der Waals surface area contributed by atoms with E-state index in [4.69, 9.17) is 8.05 Å². The van der Waals surface area contributed by atoms with Gasteiger partial charge >= 0.3 is 8.05 Å². The number of aliphatic imine (C=N–C) groups is 1. The van der Waals surface area contributed by atoms with Crippen LogP contribution < -0.4 is 0 Å². The Morgan fingerprint density at radius 2 is 2.00 bits per heavy atom. The first kappa shape index (κ1) is 11.0. The first-order valence-corrected chi connectivity index (χ1v) is 4.93. The van der Waals surface area contributed by atoms with Gasteiger partial charge in [0.2, 0.25) is 0 Å². The normalized spacial score (nSPS) is 10.6. The number of hydrogen-bond donors (Lipinski definition) is 0. The summed E-state index contributed by atoms with van der Waals surface area (Å²) in [6, 6.07) is 0. The van der Waals surface area contributed by atoms with E-state index in [-0.39, 0.29) is 0 Å². The van der Waals surface area contributed by atoms with E-state index >= 15 is 0 Å². The van der Waals surface area contributed by atoms with E-state index in [1.807, 2.05) is 0 Å². The molecule has 0 aliphatic rings. The Balaban J connectivity index is 2.85. The van der Waals surface area contributed by atoms with Gasteiger partial charge < -0.3 is 4.65 Å². The second-order valence-corrected chi connectivity index (χ2v) is 3.04. The molecule has 62 valence electrons. The minimum absolute atomic E-state index is 0.819. The molecule has 0 aliphatic carbocycles. The van der Waals surface area contributed by atoms with Crippen LogP contribution in [-0.2, 0) is 4.65 Å². The molecule has 4 heteroatoms. The SMILES string of the molecule is [B]OC=NCCCCCCBr. The molecule has 2 nitrogen and oxygen atoms in total. The second kappa shape index (κ2) is 10.0. The molecule has 0 spiro atoms. The number of unbranched alkanes of at least 4 members (excludes halogenated alkanes) is 3. The molecule has 0 atom stereocenters. The van der Waals surface area contributed by atoms with Crippen LogP contribution in [0, 0.1) is 0 Å². The predicted octanol–water partition coefficient (Wildman–Crippen LogP) is 2.07. The highest BCUT2D eigenvalue weighted by atomic mass is 79.9. The van der Waals surface area contributed by atoms with Crippen molar-refractivity contribution in [3.63, 3.8) is 0 Å². The monoisotopic (exact) mass is 217 g/mol. The summed E-state index contributed by atoms with van der Waals surface area (Å²) in [5.41, 5.74) is 0. The van der Waals surface area contributed by atoms with Crippen LogP contribution in [0.1, 0.15) is 25.7 Å². The van der Waals surface area contributed by atoms with E-state index in [0.717, 1.165) is 18.3 Å². The molecule has 11 heavy (non-hydrogen) atoms. The fourth-order valence-corrected chi connectivity index (χ4v) is 1.14. The van der Waals surface area contributed by atoms with Crippen molar-refractivity contribution in [3.8, 4) is 0 Å². The molecule has 0 aromatic heterocycles. The summed E-state index contributed by atoms with van der Waals surface area (Å²) in [5, 5.41) is 1.10. The van der Waals surface area contributed by atoms with Crippen LogP contribution in [0.2, 0.25) is 0 Å². The van der Waals surface area contributed by atoms with Crippen LogP contribution >= 0.6 is 15.9 Å². The maximum atomic E-state index is 4.74. The Bertz CT molecular complexity index is 100. The van der Waals surface area contributed by atoms with Crippen molar-refractivity contribution < 1.29 is 4.65 Å². The molecule has 0 heterocycles. The van der Waals surface area contributed by atoms with Crippen molar-refractivity contribution in [2.45, 2.75) is 25.7 Å². The fourth-order valence-electron chi connectivity index (χ4n) is 0.747. The molecule has 0 saturated heterocycles. The molecule has 0 unspecified atom stereocenters. The van der Waals surface area contributed by atoms with Gasteiger partial charge in [-0.3, -0.25) is 4.99 Å². The zero-order valence-electron chi connectivity index (χ0n) is 6.63. The number of hydrogen-bond acceptors (Lipinski definition) is 2. The molecule has 0 bridgehead atoms. The Hall–Kier alpha value is 0.0149. The summed E-state index contributed by atoms with van der Waals surface area (Å²) in [4.78, 5) is 3.90. The van der Waals surface area contributed by atoms with Crippen molar-refractivity contribution in [2.24, 2.45) is 4.99 Å². The molecule has 0 aliphatic heterocycles. The van der Waals surface area contributed by atoms with E-state index < -0.39 is 0 Å². The molecule has 0 saturated carbocycles. The lowest BCUT2D eigenvalue weighted by Gasteiger charge is -1.95. The topological polar surface area (TPSA) is 21.6 Å². The molecule has 0 rings (SSSR count). The smallest absolute Gasteiger partial charge is 0.375 e. The van der Waals surface area contributed by atoms with Gasteiger partial charge in [-0.25, -0.2) is 0 Å². The molecule has 0 aromatic rings. The highest BCUT2D eigenvalue weighted by Crippen LogP contribution is 2.01. The molecule has 0 fully saturated rings.